The Labute approximate surface area is 121 Å². The van der Waals surface area contributed by atoms with Gasteiger partial charge in [0.15, 0.2) is 0 Å². The van der Waals surface area contributed by atoms with E-state index in [9.17, 15) is 10.1 Å². The summed E-state index contributed by atoms with van der Waals surface area (Å²) < 4.78 is 5.61. The Bertz CT molecular complexity index is 673. The number of nitro benzene ring substituents is 1. The van der Waals surface area contributed by atoms with Crippen molar-refractivity contribution in [3.05, 3.63) is 45.8 Å². The minimum absolute atomic E-state index is 0.0521. The van der Waals surface area contributed by atoms with Gasteiger partial charge in [0, 0.05) is 24.1 Å². The van der Waals surface area contributed by atoms with Crippen LogP contribution in [0.15, 0.2) is 24.3 Å². The van der Waals surface area contributed by atoms with E-state index in [1.54, 1.807) is 13.0 Å². The number of ether oxygens (including phenoxy) is 1. The van der Waals surface area contributed by atoms with Crippen molar-refractivity contribution >= 4 is 11.5 Å². The number of anilines is 1. The molecular formula is C14H16N4O3. The highest BCUT2D eigenvalue weighted by molar-refractivity contribution is 5.45. The molecule has 0 spiro atoms. The van der Waals surface area contributed by atoms with Gasteiger partial charge in [0.2, 0.25) is 5.88 Å². The molecule has 0 amide bonds. The summed E-state index contributed by atoms with van der Waals surface area (Å²) in [6.45, 7) is 3.68. The van der Waals surface area contributed by atoms with Crippen molar-refractivity contribution in [3.63, 3.8) is 0 Å². The van der Waals surface area contributed by atoms with Crippen molar-refractivity contribution in [2.45, 2.75) is 26.7 Å². The number of hydrogen-bond acceptors (Lipinski definition) is 6. The summed E-state index contributed by atoms with van der Waals surface area (Å²) >= 11 is 0. The minimum Gasteiger partial charge on any atom is -0.439 e. The highest BCUT2D eigenvalue weighted by Gasteiger charge is 2.12. The van der Waals surface area contributed by atoms with E-state index >= 15 is 0 Å². The van der Waals surface area contributed by atoms with Crippen LogP contribution in [0.25, 0.3) is 0 Å². The van der Waals surface area contributed by atoms with Gasteiger partial charge in [-0.3, -0.25) is 10.1 Å². The number of nitrogens with two attached hydrogens (primary N) is 1. The molecule has 0 aliphatic carbocycles. The average Bonchev–Trinajstić information content (AvgIpc) is 2.37. The van der Waals surface area contributed by atoms with E-state index in [4.69, 9.17) is 10.5 Å². The van der Waals surface area contributed by atoms with E-state index in [1.165, 1.54) is 18.2 Å². The topological polar surface area (TPSA) is 104 Å². The lowest BCUT2D eigenvalue weighted by molar-refractivity contribution is -0.385. The number of nitro groups is 1. The van der Waals surface area contributed by atoms with Crippen LogP contribution in [0.2, 0.25) is 0 Å². The van der Waals surface area contributed by atoms with Gasteiger partial charge in [-0.25, -0.2) is 4.98 Å². The number of benzene rings is 1. The number of nitrogens with zero attached hydrogens (tertiary/aromatic N) is 3. The zero-order valence-electron chi connectivity index (χ0n) is 11.9. The van der Waals surface area contributed by atoms with Gasteiger partial charge >= 0.3 is 0 Å². The first-order valence-electron chi connectivity index (χ1n) is 6.56. The molecule has 0 bridgehead atoms. The molecule has 2 rings (SSSR count). The first-order valence-corrected chi connectivity index (χ1v) is 6.56. The van der Waals surface area contributed by atoms with Crippen LogP contribution in [0, 0.1) is 17.0 Å². The number of aryl methyl sites for hydroxylation is 2. The molecule has 0 saturated heterocycles. The van der Waals surface area contributed by atoms with Gasteiger partial charge in [-0.05, 0) is 25.5 Å². The summed E-state index contributed by atoms with van der Waals surface area (Å²) in [6, 6.07) is 6.05. The number of hydrogen-bond donors (Lipinski definition) is 1. The maximum atomic E-state index is 10.8. The van der Waals surface area contributed by atoms with Crippen LogP contribution in [0.1, 0.15) is 24.7 Å². The van der Waals surface area contributed by atoms with E-state index < -0.39 is 4.92 Å². The van der Waals surface area contributed by atoms with E-state index in [-0.39, 0.29) is 5.69 Å². The molecule has 2 aromatic rings. The fourth-order valence-electron chi connectivity index (χ4n) is 1.90. The summed E-state index contributed by atoms with van der Waals surface area (Å²) in [7, 11) is 0. The highest BCUT2D eigenvalue weighted by Crippen LogP contribution is 2.26. The smallest absolute Gasteiger partial charge is 0.272 e. The molecule has 0 fully saturated rings. The molecule has 0 aliphatic heterocycles. The molecule has 1 heterocycles. The Hall–Kier alpha value is -2.70. The molecule has 2 N–H and O–H groups in total. The van der Waals surface area contributed by atoms with Gasteiger partial charge in [0.1, 0.15) is 17.4 Å². The van der Waals surface area contributed by atoms with Gasteiger partial charge in [-0.15, -0.1) is 0 Å². The molecule has 1 aromatic heterocycles. The maximum Gasteiger partial charge on any atom is 0.272 e. The van der Waals surface area contributed by atoms with Crippen molar-refractivity contribution < 1.29 is 9.66 Å². The predicted octanol–water partition coefficient (Wildman–Crippen LogP) is 3.02. The molecule has 110 valence electrons. The van der Waals surface area contributed by atoms with E-state index in [2.05, 4.69) is 9.97 Å². The van der Waals surface area contributed by atoms with Gasteiger partial charge in [-0.1, -0.05) is 6.92 Å². The molecule has 21 heavy (non-hydrogen) atoms. The van der Waals surface area contributed by atoms with Crippen molar-refractivity contribution in [1.82, 2.24) is 9.97 Å². The van der Waals surface area contributed by atoms with Crippen LogP contribution in [0.4, 0.5) is 11.5 Å². The van der Waals surface area contributed by atoms with Crippen molar-refractivity contribution in [2.75, 3.05) is 5.73 Å². The fraction of sp³-hybridized carbons (Fsp3) is 0.286. The van der Waals surface area contributed by atoms with Crippen LogP contribution >= 0.6 is 0 Å². The summed E-state index contributed by atoms with van der Waals surface area (Å²) in [5, 5.41) is 10.8. The summed E-state index contributed by atoms with van der Waals surface area (Å²) in [4.78, 5) is 18.7. The molecule has 0 saturated carbocycles. The lowest BCUT2D eigenvalue weighted by Gasteiger charge is -2.08. The SMILES string of the molecule is CCCc1nc(N)cc(Oc2ccc([N+](=O)[O-])c(C)c2)n1. The van der Waals surface area contributed by atoms with E-state index in [0.717, 1.165) is 6.42 Å². The van der Waals surface area contributed by atoms with Gasteiger partial charge in [0.25, 0.3) is 5.69 Å². The van der Waals surface area contributed by atoms with E-state index in [0.29, 0.717) is 35.3 Å². The first-order chi connectivity index (χ1) is 9.99. The Morgan fingerprint density at radius 2 is 2.10 bits per heavy atom. The Kier molecular flexibility index (Phi) is 4.32. The quantitative estimate of drug-likeness (QED) is 0.669. The summed E-state index contributed by atoms with van der Waals surface area (Å²) in [5.74, 6) is 1.76. The average molecular weight is 288 g/mol. The fourth-order valence-corrected chi connectivity index (χ4v) is 1.90. The number of nitrogen functional groups attached to an aromatic ring is 1. The Morgan fingerprint density at radius 3 is 2.71 bits per heavy atom. The van der Waals surface area contributed by atoms with Crippen LogP contribution in [-0.2, 0) is 6.42 Å². The molecule has 1 aromatic carbocycles. The van der Waals surface area contributed by atoms with Crippen LogP contribution in [-0.4, -0.2) is 14.9 Å². The molecule has 7 heteroatoms. The first kappa shape index (κ1) is 14.7. The Morgan fingerprint density at radius 1 is 1.33 bits per heavy atom. The van der Waals surface area contributed by atoms with Crippen molar-refractivity contribution in [1.29, 1.82) is 0 Å². The standard InChI is InChI=1S/C14H16N4O3/c1-3-4-13-16-12(15)8-14(17-13)21-10-5-6-11(18(19)20)9(2)7-10/h5-8H,3-4H2,1-2H3,(H2,15,16,17). The van der Waals surface area contributed by atoms with Crippen LogP contribution < -0.4 is 10.5 Å². The van der Waals surface area contributed by atoms with Crippen LogP contribution in [0.3, 0.4) is 0 Å². The second kappa shape index (κ2) is 6.17. The lowest BCUT2D eigenvalue weighted by Crippen LogP contribution is -2.01. The van der Waals surface area contributed by atoms with Crippen LogP contribution in [0.5, 0.6) is 11.6 Å². The lowest BCUT2D eigenvalue weighted by atomic mass is 10.2. The summed E-state index contributed by atoms with van der Waals surface area (Å²) in [6.07, 6.45) is 1.61. The Balaban J connectivity index is 2.25. The molecular weight excluding hydrogens is 272 g/mol. The third-order valence-electron chi connectivity index (χ3n) is 2.83. The predicted molar refractivity (Wildman–Crippen MR) is 78.3 cm³/mol. The van der Waals surface area contributed by atoms with Crippen molar-refractivity contribution in [2.24, 2.45) is 0 Å². The van der Waals surface area contributed by atoms with Gasteiger partial charge < -0.3 is 10.5 Å². The zero-order chi connectivity index (χ0) is 15.4. The highest BCUT2D eigenvalue weighted by atomic mass is 16.6. The number of aromatic nitrogens is 2. The van der Waals surface area contributed by atoms with Gasteiger partial charge in [-0.2, -0.15) is 4.98 Å². The number of rotatable bonds is 5. The van der Waals surface area contributed by atoms with E-state index in [1.807, 2.05) is 6.92 Å². The second-order valence-corrected chi connectivity index (χ2v) is 4.60. The molecule has 7 nitrogen and oxygen atoms in total. The third kappa shape index (κ3) is 3.65. The normalized spacial score (nSPS) is 10.4. The van der Waals surface area contributed by atoms with Crippen molar-refractivity contribution in [3.8, 4) is 11.6 Å². The molecule has 0 aliphatic rings. The monoisotopic (exact) mass is 288 g/mol. The zero-order valence-corrected chi connectivity index (χ0v) is 11.9. The largest absolute Gasteiger partial charge is 0.439 e. The second-order valence-electron chi connectivity index (χ2n) is 4.60. The molecule has 0 radical (unpaired) electrons. The third-order valence-corrected chi connectivity index (χ3v) is 2.83. The maximum absolute atomic E-state index is 10.8. The molecule has 0 unspecified atom stereocenters. The molecule has 0 atom stereocenters. The minimum atomic E-state index is -0.429. The summed E-state index contributed by atoms with van der Waals surface area (Å²) in [5.41, 5.74) is 6.29. The van der Waals surface area contributed by atoms with Gasteiger partial charge in [0.05, 0.1) is 4.92 Å².